The fourth-order valence-electron chi connectivity index (χ4n) is 3.43. The summed E-state index contributed by atoms with van der Waals surface area (Å²) in [5, 5.41) is 0. The molecule has 0 atom stereocenters. The van der Waals surface area contributed by atoms with Crippen molar-refractivity contribution in [1.82, 2.24) is 0 Å². The van der Waals surface area contributed by atoms with Crippen LogP contribution in [0.5, 0.6) is 5.75 Å². The van der Waals surface area contributed by atoms with Gasteiger partial charge in [0.05, 0.1) is 5.56 Å². The van der Waals surface area contributed by atoms with Crippen LogP contribution in [-0.4, -0.2) is 0 Å². The van der Waals surface area contributed by atoms with E-state index < -0.39 is 40.7 Å². The molecule has 0 aromatic heterocycles. The number of ether oxygens (including phenoxy) is 1. The molecule has 1 saturated carbocycles. The number of hydrogen-bond acceptors (Lipinski definition) is 1. The van der Waals surface area contributed by atoms with Gasteiger partial charge in [-0.25, -0.2) is 17.6 Å². The van der Waals surface area contributed by atoms with Crippen LogP contribution >= 0.6 is 0 Å². The fourth-order valence-corrected chi connectivity index (χ4v) is 3.43. The summed E-state index contributed by atoms with van der Waals surface area (Å²) < 4.78 is 86.5. The minimum absolute atomic E-state index is 0.117. The third-order valence-corrected chi connectivity index (χ3v) is 4.84. The van der Waals surface area contributed by atoms with Crippen molar-refractivity contribution in [3.8, 4) is 5.75 Å². The van der Waals surface area contributed by atoms with Crippen LogP contribution in [0, 0.1) is 23.3 Å². The van der Waals surface area contributed by atoms with Crippen molar-refractivity contribution < 1.29 is 31.1 Å². The first-order valence-electron chi connectivity index (χ1n) is 8.79. The maximum Gasteiger partial charge on any atom is 0.429 e. The van der Waals surface area contributed by atoms with Crippen molar-refractivity contribution in [3.05, 3.63) is 64.7 Å². The minimum atomic E-state index is -4.18. The third kappa shape index (κ3) is 4.39. The summed E-state index contributed by atoms with van der Waals surface area (Å²) >= 11 is 0. The van der Waals surface area contributed by atoms with E-state index >= 15 is 0 Å². The molecule has 2 aromatic rings. The van der Waals surface area contributed by atoms with E-state index in [1.165, 1.54) is 6.07 Å². The fraction of sp³-hybridized carbons (Fsp3) is 0.400. The molecular weight excluding hydrogens is 370 g/mol. The van der Waals surface area contributed by atoms with Crippen LogP contribution in [0.4, 0.5) is 26.3 Å². The van der Waals surface area contributed by atoms with E-state index in [9.17, 15) is 26.3 Å². The molecule has 0 N–H and O–H groups in total. The van der Waals surface area contributed by atoms with Crippen molar-refractivity contribution in [2.75, 3.05) is 0 Å². The SMILES string of the molecule is Fc1cc(C2CCCCCC2)ccc1C(F)(F)Oc1cc(F)c(F)c(F)c1. The maximum atomic E-state index is 14.4. The number of benzene rings is 2. The molecule has 0 bridgehead atoms. The predicted molar refractivity (Wildman–Crippen MR) is 87.7 cm³/mol. The molecule has 1 aliphatic carbocycles. The zero-order valence-electron chi connectivity index (χ0n) is 14.4. The largest absolute Gasteiger partial charge is 0.429 e. The topological polar surface area (TPSA) is 9.23 Å². The van der Waals surface area contributed by atoms with Crippen LogP contribution in [0.3, 0.4) is 0 Å². The molecular formula is C20H18F6O. The molecule has 7 heteroatoms. The van der Waals surface area contributed by atoms with Gasteiger partial charge in [-0.3, -0.25) is 0 Å². The summed E-state index contributed by atoms with van der Waals surface area (Å²) in [4.78, 5) is 0. The monoisotopic (exact) mass is 388 g/mol. The molecule has 2 aromatic carbocycles. The first kappa shape index (κ1) is 19.6. The zero-order chi connectivity index (χ0) is 19.6. The van der Waals surface area contributed by atoms with Crippen molar-refractivity contribution in [2.24, 2.45) is 0 Å². The normalized spacial score (nSPS) is 16.2. The molecule has 3 rings (SSSR count). The molecule has 0 aliphatic heterocycles. The lowest BCUT2D eigenvalue weighted by atomic mass is 9.91. The lowest BCUT2D eigenvalue weighted by Gasteiger charge is -2.21. The Hall–Kier alpha value is -2.18. The molecule has 1 nitrogen and oxygen atoms in total. The molecule has 27 heavy (non-hydrogen) atoms. The molecule has 0 amide bonds. The van der Waals surface area contributed by atoms with Crippen LogP contribution in [0.15, 0.2) is 30.3 Å². The van der Waals surface area contributed by atoms with E-state index in [2.05, 4.69) is 4.74 Å². The van der Waals surface area contributed by atoms with Crippen LogP contribution in [-0.2, 0) is 6.11 Å². The highest BCUT2D eigenvalue weighted by atomic mass is 19.3. The summed E-state index contributed by atoms with van der Waals surface area (Å²) in [5.74, 6) is -7.14. The zero-order valence-corrected chi connectivity index (χ0v) is 14.4. The Morgan fingerprint density at radius 2 is 1.37 bits per heavy atom. The Morgan fingerprint density at radius 3 is 1.93 bits per heavy atom. The number of rotatable bonds is 4. The smallest absolute Gasteiger partial charge is 0.429 e. The Morgan fingerprint density at radius 1 is 0.778 bits per heavy atom. The summed E-state index contributed by atoms with van der Waals surface area (Å²) in [6.45, 7) is 0. The van der Waals surface area contributed by atoms with Gasteiger partial charge in [-0.15, -0.1) is 0 Å². The molecule has 1 aliphatic rings. The molecule has 0 radical (unpaired) electrons. The van der Waals surface area contributed by atoms with Gasteiger partial charge < -0.3 is 4.74 Å². The quantitative estimate of drug-likeness (QED) is 0.318. The van der Waals surface area contributed by atoms with Crippen molar-refractivity contribution >= 4 is 0 Å². The second kappa shape index (κ2) is 7.82. The lowest BCUT2D eigenvalue weighted by molar-refractivity contribution is -0.187. The van der Waals surface area contributed by atoms with E-state index in [0.717, 1.165) is 50.7 Å². The Balaban J connectivity index is 1.83. The molecule has 1 fully saturated rings. The van der Waals surface area contributed by atoms with E-state index in [1.807, 2.05) is 0 Å². The predicted octanol–water partition coefficient (Wildman–Crippen LogP) is 6.81. The molecule has 0 heterocycles. The van der Waals surface area contributed by atoms with E-state index in [-0.39, 0.29) is 18.1 Å². The highest BCUT2D eigenvalue weighted by Crippen LogP contribution is 2.37. The van der Waals surface area contributed by atoms with Gasteiger partial charge in [-0.05, 0) is 36.5 Å². The molecule has 0 unspecified atom stereocenters. The number of alkyl halides is 2. The summed E-state index contributed by atoms with van der Waals surface area (Å²) in [6, 6.07) is 3.98. The molecule has 146 valence electrons. The second-order valence-electron chi connectivity index (χ2n) is 6.75. The van der Waals surface area contributed by atoms with Crippen molar-refractivity contribution in [2.45, 2.75) is 50.6 Å². The van der Waals surface area contributed by atoms with Crippen LogP contribution in [0.2, 0.25) is 0 Å². The second-order valence-corrected chi connectivity index (χ2v) is 6.75. The van der Waals surface area contributed by atoms with Gasteiger partial charge in [0.2, 0.25) is 0 Å². The lowest BCUT2D eigenvalue weighted by Crippen LogP contribution is -2.24. The van der Waals surface area contributed by atoms with Gasteiger partial charge in [0, 0.05) is 12.1 Å². The van der Waals surface area contributed by atoms with Crippen LogP contribution in [0.1, 0.15) is 55.6 Å². The van der Waals surface area contributed by atoms with Crippen molar-refractivity contribution in [3.63, 3.8) is 0 Å². The Bertz CT molecular complexity index is 789. The van der Waals surface area contributed by atoms with E-state index in [0.29, 0.717) is 5.56 Å². The number of hydrogen-bond donors (Lipinski definition) is 0. The highest BCUT2D eigenvalue weighted by Gasteiger charge is 2.38. The molecule has 0 saturated heterocycles. The van der Waals surface area contributed by atoms with Gasteiger partial charge in [-0.2, -0.15) is 8.78 Å². The van der Waals surface area contributed by atoms with Gasteiger partial charge >= 0.3 is 6.11 Å². The van der Waals surface area contributed by atoms with E-state index in [1.54, 1.807) is 0 Å². The first-order valence-corrected chi connectivity index (χ1v) is 8.79. The summed E-state index contributed by atoms with van der Waals surface area (Å²) in [7, 11) is 0. The van der Waals surface area contributed by atoms with Gasteiger partial charge in [0.15, 0.2) is 17.5 Å². The maximum absolute atomic E-state index is 14.4. The van der Waals surface area contributed by atoms with Crippen molar-refractivity contribution in [1.29, 1.82) is 0 Å². The third-order valence-electron chi connectivity index (χ3n) is 4.84. The van der Waals surface area contributed by atoms with Crippen LogP contribution in [0.25, 0.3) is 0 Å². The summed E-state index contributed by atoms with van der Waals surface area (Å²) in [6.07, 6.45) is 1.80. The van der Waals surface area contributed by atoms with Gasteiger partial charge in [0.25, 0.3) is 0 Å². The summed E-state index contributed by atoms with van der Waals surface area (Å²) in [5.41, 5.74) is -0.405. The number of halogens is 6. The van der Waals surface area contributed by atoms with Gasteiger partial charge in [-0.1, -0.05) is 31.7 Å². The van der Waals surface area contributed by atoms with E-state index in [4.69, 9.17) is 0 Å². The average molecular weight is 388 g/mol. The Kier molecular flexibility index (Phi) is 5.67. The van der Waals surface area contributed by atoms with Crippen LogP contribution < -0.4 is 4.74 Å². The Labute approximate surface area is 153 Å². The van der Waals surface area contributed by atoms with Gasteiger partial charge in [0.1, 0.15) is 11.6 Å². The molecule has 0 spiro atoms. The minimum Gasteiger partial charge on any atom is -0.429 e. The average Bonchev–Trinajstić information content (AvgIpc) is 2.88. The highest BCUT2D eigenvalue weighted by molar-refractivity contribution is 5.31. The first-order chi connectivity index (χ1) is 12.8. The standard InChI is InChI=1S/C20H18F6O/c21-16-9-13(12-5-3-1-2-4-6-12)7-8-15(16)20(25,26)27-14-10-17(22)19(24)18(23)11-14/h7-12H,1-6H2.